The zero-order valence-corrected chi connectivity index (χ0v) is 14.2. The lowest BCUT2D eigenvalue weighted by Gasteiger charge is -2.17. The van der Waals surface area contributed by atoms with Crippen molar-refractivity contribution in [3.05, 3.63) is 34.9 Å². The van der Waals surface area contributed by atoms with Crippen molar-refractivity contribution in [2.75, 3.05) is 38.8 Å². The van der Waals surface area contributed by atoms with Gasteiger partial charge in [0.25, 0.3) is 0 Å². The van der Waals surface area contributed by atoms with Gasteiger partial charge in [0.15, 0.2) is 0 Å². The summed E-state index contributed by atoms with van der Waals surface area (Å²) in [4.78, 5) is 0. The number of ether oxygens (including phenoxy) is 1. The summed E-state index contributed by atoms with van der Waals surface area (Å²) in [7, 11) is -1.27. The molecule has 6 heteroatoms. The fourth-order valence-corrected chi connectivity index (χ4v) is 3.11. The molecular formula is C15H24ClNO3S. The molecule has 0 heterocycles. The molecule has 0 saturated carbocycles. The quantitative estimate of drug-likeness (QED) is 0.667. The Kier molecular flexibility index (Phi) is 8.26. The van der Waals surface area contributed by atoms with Gasteiger partial charge in [-0.1, -0.05) is 23.7 Å². The molecule has 0 aliphatic heterocycles. The molecular weight excluding hydrogens is 310 g/mol. The van der Waals surface area contributed by atoms with Gasteiger partial charge < -0.3 is 10.1 Å². The fourth-order valence-electron chi connectivity index (χ4n) is 2.13. The standard InChI is InChI=1S/C15H24ClNO3S/c1-20-8-7-17-12-14(6-9-21(2,18)19)10-13-4-3-5-15(16)11-13/h3-5,11,14,17H,6-10,12H2,1-2H3. The van der Waals surface area contributed by atoms with Crippen molar-refractivity contribution in [1.29, 1.82) is 0 Å². The number of sulfone groups is 1. The van der Waals surface area contributed by atoms with Gasteiger partial charge in [0.2, 0.25) is 0 Å². The van der Waals surface area contributed by atoms with Gasteiger partial charge in [0.1, 0.15) is 9.84 Å². The molecule has 1 aromatic rings. The lowest BCUT2D eigenvalue weighted by molar-refractivity contribution is 0.197. The SMILES string of the molecule is COCCNCC(CCS(C)(=O)=O)Cc1cccc(Cl)c1. The first-order valence-electron chi connectivity index (χ1n) is 7.02. The monoisotopic (exact) mass is 333 g/mol. The van der Waals surface area contributed by atoms with Crippen LogP contribution in [0.15, 0.2) is 24.3 Å². The number of benzene rings is 1. The molecule has 1 N–H and O–H groups in total. The normalized spacial score (nSPS) is 13.3. The van der Waals surface area contributed by atoms with Crippen LogP contribution in [0.2, 0.25) is 5.02 Å². The minimum Gasteiger partial charge on any atom is -0.383 e. The Morgan fingerprint density at radius 3 is 2.76 bits per heavy atom. The summed E-state index contributed by atoms with van der Waals surface area (Å²) < 4.78 is 27.7. The van der Waals surface area contributed by atoms with Crippen molar-refractivity contribution >= 4 is 21.4 Å². The third kappa shape index (κ3) is 9.09. The molecule has 1 atom stereocenters. The van der Waals surface area contributed by atoms with Crippen molar-refractivity contribution in [3.8, 4) is 0 Å². The van der Waals surface area contributed by atoms with Gasteiger partial charge in [-0.05, 0) is 43.0 Å². The van der Waals surface area contributed by atoms with Crippen molar-refractivity contribution in [2.45, 2.75) is 12.8 Å². The van der Waals surface area contributed by atoms with Crippen LogP contribution in [0.5, 0.6) is 0 Å². The first-order chi connectivity index (χ1) is 9.90. The average molecular weight is 334 g/mol. The maximum atomic E-state index is 11.4. The third-order valence-electron chi connectivity index (χ3n) is 3.23. The van der Waals surface area contributed by atoms with E-state index in [4.69, 9.17) is 16.3 Å². The van der Waals surface area contributed by atoms with Crippen LogP contribution in [0.1, 0.15) is 12.0 Å². The van der Waals surface area contributed by atoms with Gasteiger partial charge in [-0.15, -0.1) is 0 Å². The summed E-state index contributed by atoms with van der Waals surface area (Å²) in [6.45, 7) is 2.18. The van der Waals surface area contributed by atoms with Crippen molar-refractivity contribution in [2.24, 2.45) is 5.92 Å². The van der Waals surface area contributed by atoms with E-state index in [1.165, 1.54) is 6.26 Å². The smallest absolute Gasteiger partial charge is 0.147 e. The van der Waals surface area contributed by atoms with Crippen LogP contribution in [0, 0.1) is 5.92 Å². The van der Waals surface area contributed by atoms with Crippen LogP contribution in [0.3, 0.4) is 0 Å². The van der Waals surface area contributed by atoms with E-state index in [0.29, 0.717) is 18.1 Å². The first-order valence-corrected chi connectivity index (χ1v) is 9.46. The molecule has 21 heavy (non-hydrogen) atoms. The van der Waals surface area contributed by atoms with Gasteiger partial charge in [0, 0.05) is 24.9 Å². The number of methoxy groups -OCH3 is 1. The highest BCUT2D eigenvalue weighted by atomic mass is 35.5. The number of hydrogen-bond donors (Lipinski definition) is 1. The van der Waals surface area contributed by atoms with Crippen LogP contribution in [0.4, 0.5) is 0 Å². The predicted octanol–water partition coefficient (Wildman–Crippen LogP) is 2.17. The van der Waals surface area contributed by atoms with Gasteiger partial charge in [0.05, 0.1) is 12.4 Å². The molecule has 1 unspecified atom stereocenters. The summed E-state index contributed by atoms with van der Waals surface area (Å²) in [6, 6.07) is 7.72. The summed E-state index contributed by atoms with van der Waals surface area (Å²) in [6.07, 6.45) is 2.74. The number of hydrogen-bond acceptors (Lipinski definition) is 4. The molecule has 0 fully saturated rings. The van der Waals surface area contributed by atoms with Crippen LogP contribution in [-0.4, -0.2) is 47.2 Å². The number of nitrogens with one attached hydrogen (secondary N) is 1. The van der Waals surface area contributed by atoms with Gasteiger partial charge in [-0.3, -0.25) is 0 Å². The minimum absolute atomic E-state index is 0.212. The summed E-state index contributed by atoms with van der Waals surface area (Å²) >= 11 is 6.00. The van der Waals surface area contributed by atoms with Crippen molar-refractivity contribution in [3.63, 3.8) is 0 Å². The predicted molar refractivity (Wildman–Crippen MR) is 87.7 cm³/mol. The van der Waals surface area contributed by atoms with E-state index in [2.05, 4.69) is 5.32 Å². The van der Waals surface area contributed by atoms with Gasteiger partial charge >= 0.3 is 0 Å². The molecule has 0 radical (unpaired) electrons. The maximum absolute atomic E-state index is 11.4. The van der Waals surface area contributed by atoms with E-state index in [1.807, 2.05) is 24.3 Å². The van der Waals surface area contributed by atoms with Gasteiger partial charge in [-0.25, -0.2) is 8.42 Å². The second kappa shape index (κ2) is 9.41. The lowest BCUT2D eigenvalue weighted by atomic mass is 9.97. The third-order valence-corrected chi connectivity index (χ3v) is 4.44. The Bertz CT molecular complexity index is 519. The zero-order chi connectivity index (χ0) is 15.7. The highest BCUT2D eigenvalue weighted by Gasteiger charge is 2.13. The molecule has 0 bridgehead atoms. The summed E-state index contributed by atoms with van der Waals surface area (Å²) in [5.74, 6) is 0.472. The van der Waals surface area contributed by atoms with Crippen LogP contribution < -0.4 is 5.32 Å². The largest absolute Gasteiger partial charge is 0.383 e. The lowest BCUT2D eigenvalue weighted by Crippen LogP contribution is -2.28. The summed E-state index contributed by atoms with van der Waals surface area (Å²) in [5.41, 5.74) is 1.13. The molecule has 0 amide bonds. The Balaban J connectivity index is 2.57. The average Bonchev–Trinajstić information content (AvgIpc) is 2.40. The molecule has 120 valence electrons. The molecule has 1 rings (SSSR count). The van der Waals surface area contributed by atoms with E-state index >= 15 is 0 Å². The highest BCUT2D eigenvalue weighted by Crippen LogP contribution is 2.17. The Hall–Kier alpha value is -0.620. The first kappa shape index (κ1) is 18.4. The summed E-state index contributed by atoms with van der Waals surface area (Å²) in [5, 5.41) is 4.01. The fraction of sp³-hybridized carbons (Fsp3) is 0.600. The van der Waals surface area contributed by atoms with E-state index in [-0.39, 0.29) is 11.7 Å². The molecule has 0 aliphatic rings. The molecule has 0 aliphatic carbocycles. The Morgan fingerprint density at radius 1 is 1.38 bits per heavy atom. The maximum Gasteiger partial charge on any atom is 0.147 e. The van der Waals surface area contributed by atoms with Crippen LogP contribution in [0.25, 0.3) is 0 Å². The Labute approximate surface area is 132 Å². The molecule has 4 nitrogen and oxygen atoms in total. The number of halogens is 1. The number of rotatable bonds is 10. The zero-order valence-electron chi connectivity index (χ0n) is 12.6. The van der Waals surface area contributed by atoms with E-state index in [1.54, 1.807) is 7.11 Å². The van der Waals surface area contributed by atoms with Crippen LogP contribution >= 0.6 is 11.6 Å². The van der Waals surface area contributed by atoms with Gasteiger partial charge in [-0.2, -0.15) is 0 Å². The Morgan fingerprint density at radius 2 is 2.14 bits per heavy atom. The second-order valence-corrected chi connectivity index (χ2v) is 8.01. The van der Waals surface area contributed by atoms with E-state index in [0.717, 1.165) is 25.1 Å². The molecule has 0 saturated heterocycles. The highest BCUT2D eigenvalue weighted by molar-refractivity contribution is 7.90. The molecule has 0 spiro atoms. The minimum atomic E-state index is -2.93. The molecule has 1 aromatic carbocycles. The van der Waals surface area contributed by atoms with Crippen molar-refractivity contribution in [1.82, 2.24) is 5.32 Å². The topological polar surface area (TPSA) is 55.4 Å². The second-order valence-electron chi connectivity index (χ2n) is 5.32. The van der Waals surface area contributed by atoms with E-state index < -0.39 is 9.84 Å². The molecule has 0 aromatic heterocycles. The van der Waals surface area contributed by atoms with Crippen molar-refractivity contribution < 1.29 is 13.2 Å². The van der Waals surface area contributed by atoms with E-state index in [9.17, 15) is 8.42 Å². The van der Waals surface area contributed by atoms with Crippen LogP contribution in [-0.2, 0) is 21.0 Å².